The number of pyridine rings is 1. The average Bonchev–Trinajstić information content (AvgIpc) is 2.61. The minimum atomic E-state index is -0.0912. The van der Waals surface area contributed by atoms with Crippen LogP contribution in [0.4, 0.5) is 0 Å². The van der Waals surface area contributed by atoms with E-state index in [-0.39, 0.29) is 11.8 Å². The lowest BCUT2D eigenvalue weighted by Crippen LogP contribution is -2.36. The molecule has 2 amide bonds. The minimum Gasteiger partial charge on any atom is -0.352 e. The molecule has 0 fully saturated rings. The standard InChI is InChI=1S/C19H21N3O2/c1-14(23)22-10-8-17-16(13-22)11-20-12-18(17)19(24)21-9-7-15-5-3-2-4-6-15/h2-6,11-12H,7-10,13H2,1H3,(H,21,24). The highest BCUT2D eigenvalue weighted by Crippen LogP contribution is 2.21. The Labute approximate surface area is 141 Å². The van der Waals surface area contributed by atoms with Crippen molar-refractivity contribution < 1.29 is 9.59 Å². The maximum Gasteiger partial charge on any atom is 0.253 e. The van der Waals surface area contributed by atoms with Gasteiger partial charge >= 0.3 is 0 Å². The summed E-state index contributed by atoms with van der Waals surface area (Å²) in [4.78, 5) is 30.0. The topological polar surface area (TPSA) is 62.3 Å². The molecule has 0 spiro atoms. The van der Waals surface area contributed by atoms with Crippen molar-refractivity contribution in [2.24, 2.45) is 0 Å². The molecule has 124 valence electrons. The van der Waals surface area contributed by atoms with Gasteiger partial charge in [-0.15, -0.1) is 0 Å². The lowest BCUT2D eigenvalue weighted by atomic mass is 9.96. The number of nitrogens with one attached hydrogen (secondary N) is 1. The summed E-state index contributed by atoms with van der Waals surface area (Å²) in [6.07, 6.45) is 4.87. The van der Waals surface area contributed by atoms with Crippen LogP contribution in [0.5, 0.6) is 0 Å². The third kappa shape index (κ3) is 3.62. The van der Waals surface area contributed by atoms with Crippen LogP contribution in [-0.4, -0.2) is 34.8 Å². The molecule has 0 radical (unpaired) electrons. The van der Waals surface area contributed by atoms with E-state index < -0.39 is 0 Å². The monoisotopic (exact) mass is 323 g/mol. The molecule has 0 saturated carbocycles. The van der Waals surface area contributed by atoms with E-state index in [0.717, 1.165) is 17.5 Å². The molecule has 5 heteroatoms. The van der Waals surface area contributed by atoms with Crippen LogP contribution >= 0.6 is 0 Å². The van der Waals surface area contributed by atoms with Gasteiger partial charge < -0.3 is 10.2 Å². The molecule has 0 saturated heterocycles. The summed E-state index contributed by atoms with van der Waals surface area (Å²) in [5.41, 5.74) is 3.80. The number of rotatable bonds is 4. The highest BCUT2D eigenvalue weighted by Gasteiger charge is 2.23. The highest BCUT2D eigenvalue weighted by molar-refractivity contribution is 5.95. The first-order valence-electron chi connectivity index (χ1n) is 8.18. The number of carbonyl (C=O) groups excluding carboxylic acids is 2. The minimum absolute atomic E-state index is 0.0540. The van der Waals surface area contributed by atoms with Gasteiger partial charge in [0.1, 0.15) is 0 Å². The fourth-order valence-electron chi connectivity index (χ4n) is 3.02. The first-order valence-corrected chi connectivity index (χ1v) is 8.18. The molecule has 0 unspecified atom stereocenters. The normalized spacial score (nSPS) is 13.3. The average molecular weight is 323 g/mol. The molecule has 2 heterocycles. The van der Waals surface area contributed by atoms with Crippen molar-refractivity contribution in [2.45, 2.75) is 26.3 Å². The fraction of sp³-hybridized carbons (Fsp3) is 0.316. The second kappa shape index (κ2) is 7.25. The summed E-state index contributed by atoms with van der Waals surface area (Å²) >= 11 is 0. The number of hydrogen-bond acceptors (Lipinski definition) is 3. The maximum absolute atomic E-state index is 12.5. The Morgan fingerprint density at radius 1 is 1.21 bits per heavy atom. The van der Waals surface area contributed by atoms with E-state index in [1.807, 2.05) is 18.2 Å². The molecule has 1 aromatic heterocycles. The van der Waals surface area contributed by atoms with Crippen molar-refractivity contribution in [3.05, 3.63) is 65.0 Å². The van der Waals surface area contributed by atoms with Gasteiger partial charge in [0.25, 0.3) is 5.91 Å². The predicted molar refractivity (Wildman–Crippen MR) is 91.5 cm³/mol. The number of aromatic nitrogens is 1. The van der Waals surface area contributed by atoms with Gasteiger partial charge in [-0.25, -0.2) is 0 Å². The number of benzene rings is 1. The van der Waals surface area contributed by atoms with Crippen LogP contribution in [-0.2, 0) is 24.2 Å². The lowest BCUT2D eigenvalue weighted by Gasteiger charge is -2.28. The molecule has 0 aliphatic carbocycles. The Bertz CT molecular complexity index is 744. The van der Waals surface area contributed by atoms with Crippen molar-refractivity contribution in [3.63, 3.8) is 0 Å². The Hall–Kier alpha value is -2.69. The Kier molecular flexibility index (Phi) is 4.89. The number of nitrogens with zero attached hydrogens (tertiary/aromatic N) is 2. The third-order valence-corrected chi connectivity index (χ3v) is 4.37. The molecule has 1 aliphatic heterocycles. The molecular weight excluding hydrogens is 302 g/mol. The van der Waals surface area contributed by atoms with E-state index in [1.165, 1.54) is 5.56 Å². The first kappa shape index (κ1) is 16.2. The van der Waals surface area contributed by atoms with Gasteiger partial charge in [-0.3, -0.25) is 14.6 Å². The van der Waals surface area contributed by atoms with Crippen LogP contribution in [0, 0.1) is 0 Å². The maximum atomic E-state index is 12.5. The summed E-state index contributed by atoms with van der Waals surface area (Å²) in [5.74, 6) is -0.0371. The largest absolute Gasteiger partial charge is 0.352 e. The SMILES string of the molecule is CC(=O)N1CCc2c(cncc2C(=O)NCCc2ccccc2)C1. The van der Waals surface area contributed by atoms with Crippen LogP contribution in [0.25, 0.3) is 0 Å². The fourth-order valence-corrected chi connectivity index (χ4v) is 3.02. The summed E-state index contributed by atoms with van der Waals surface area (Å²) < 4.78 is 0. The van der Waals surface area contributed by atoms with Gasteiger partial charge in [0, 0.05) is 39.0 Å². The molecule has 2 aromatic rings. The molecular formula is C19H21N3O2. The quantitative estimate of drug-likeness (QED) is 0.935. The number of amides is 2. The van der Waals surface area contributed by atoms with Crippen molar-refractivity contribution in [1.82, 2.24) is 15.2 Å². The molecule has 0 bridgehead atoms. The molecule has 3 rings (SSSR count). The van der Waals surface area contributed by atoms with Crippen LogP contribution in [0.3, 0.4) is 0 Å². The van der Waals surface area contributed by atoms with Gasteiger partial charge in [-0.2, -0.15) is 0 Å². The van der Waals surface area contributed by atoms with Crippen LogP contribution in [0.2, 0.25) is 0 Å². The molecule has 0 atom stereocenters. The second-order valence-electron chi connectivity index (χ2n) is 6.01. The van der Waals surface area contributed by atoms with Gasteiger partial charge in [0.2, 0.25) is 5.91 Å². The van der Waals surface area contributed by atoms with E-state index in [2.05, 4.69) is 22.4 Å². The smallest absolute Gasteiger partial charge is 0.253 e. The Balaban J connectivity index is 1.65. The zero-order chi connectivity index (χ0) is 16.9. The Morgan fingerprint density at radius 3 is 2.75 bits per heavy atom. The third-order valence-electron chi connectivity index (χ3n) is 4.37. The zero-order valence-electron chi connectivity index (χ0n) is 13.8. The summed E-state index contributed by atoms with van der Waals surface area (Å²) in [7, 11) is 0. The lowest BCUT2D eigenvalue weighted by molar-refractivity contribution is -0.129. The van der Waals surface area contributed by atoms with E-state index >= 15 is 0 Å². The second-order valence-corrected chi connectivity index (χ2v) is 6.01. The highest BCUT2D eigenvalue weighted by atomic mass is 16.2. The molecule has 1 N–H and O–H groups in total. The van der Waals surface area contributed by atoms with Gasteiger partial charge in [0.15, 0.2) is 0 Å². The number of carbonyl (C=O) groups is 2. The van der Waals surface area contributed by atoms with Crippen LogP contribution in [0.15, 0.2) is 42.7 Å². The molecule has 24 heavy (non-hydrogen) atoms. The molecule has 1 aliphatic rings. The molecule has 5 nitrogen and oxygen atoms in total. The van der Waals surface area contributed by atoms with Crippen molar-refractivity contribution in [1.29, 1.82) is 0 Å². The van der Waals surface area contributed by atoms with Crippen LogP contribution in [0.1, 0.15) is 34.0 Å². The van der Waals surface area contributed by atoms with E-state index in [4.69, 9.17) is 0 Å². The summed E-state index contributed by atoms with van der Waals surface area (Å²) in [6, 6.07) is 10.1. The van der Waals surface area contributed by atoms with Crippen LogP contribution < -0.4 is 5.32 Å². The predicted octanol–water partition coefficient (Wildman–Crippen LogP) is 1.96. The number of hydrogen-bond donors (Lipinski definition) is 1. The van der Waals surface area contributed by atoms with Crippen molar-refractivity contribution in [3.8, 4) is 0 Å². The van der Waals surface area contributed by atoms with E-state index in [1.54, 1.807) is 24.2 Å². The summed E-state index contributed by atoms with van der Waals surface area (Å²) in [5, 5.41) is 2.97. The van der Waals surface area contributed by atoms with Gasteiger partial charge in [0.05, 0.1) is 5.56 Å². The van der Waals surface area contributed by atoms with E-state index in [0.29, 0.717) is 31.6 Å². The van der Waals surface area contributed by atoms with Crippen molar-refractivity contribution >= 4 is 11.8 Å². The Morgan fingerprint density at radius 2 is 2.00 bits per heavy atom. The summed E-state index contributed by atoms with van der Waals surface area (Å²) in [6.45, 7) is 3.34. The first-order chi connectivity index (χ1) is 11.6. The molecule has 1 aromatic carbocycles. The zero-order valence-corrected chi connectivity index (χ0v) is 13.8. The van der Waals surface area contributed by atoms with Gasteiger partial charge in [-0.1, -0.05) is 30.3 Å². The van der Waals surface area contributed by atoms with Crippen molar-refractivity contribution in [2.75, 3.05) is 13.1 Å². The van der Waals surface area contributed by atoms with E-state index in [9.17, 15) is 9.59 Å². The number of fused-ring (bicyclic) bond motifs is 1. The van der Waals surface area contributed by atoms with Gasteiger partial charge in [-0.05, 0) is 29.5 Å².